The summed E-state index contributed by atoms with van der Waals surface area (Å²) in [5, 5.41) is 7.73. The summed E-state index contributed by atoms with van der Waals surface area (Å²) in [4.78, 5) is 82.2. The van der Waals surface area contributed by atoms with Crippen LogP contribution < -0.4 is 21.7 Å². The van der Waals surface area contributed by atoms with E-state index < -0.39 is 60.0 Å². The number of aromatic nitrogens is 1. The topological polar surface area (TPSA) is 181 Å². The number of carbonyl (C=O) groups is 6. The van der Waals surface area contributed by atoms with Crippen molar-refractivity contribution in [2.75, 3.05) is 13.6 Å². The van der Waals surface area contributed by atoms with E-state index in [0.29, 0.717) is 12.8 Å². The maximum Gasteiger partial charge on any atom is 0.290 e. The van der Waals surface area contributed by atoms with Crippen LogP contribution >= 0.6 is 0 Å². The van der Waals surface area contributed by atoms with Gasteiger partial charge in [0, 0.05) is 25.9 Å². The molecule has 1 heterocycles. The van der Waals surface area contributed by atoms with Crippen LogP contribution in [0.15, 0.2) is 54.9 Å². The molecule has 1 unspecified atom stereocenters. The molecule has 5 amide bonds. The average Bonchev–Trinajstić information content (AvgIpc) is 3.00. The first kappa shape index (κ1) is 35.6. The summed E-state index contributed by atoms with van der Waals surface area (Å²) >= 11 is 0. The third kappa shape index (κ3) is 11.2. The molecule has 0 spiro atoms. The van der Waals surface area contributed by atoms with Crippen LogP contribution in [0.4, 0.5) is 0 Å². The van der Waals surface area contributed by atoms with Gasteiger partial charge in [-0.25, -0.2) is 0 Å². The lowest BCUT2D eigenvalue weighted by atomic mass is 9.93. The minimum Gasteiger partial charge on any atom is -0.368 e. The van der Waals surface area contributed by atoms with Crippen LogP contribution in [0.1, 0.15) is 51.7 Å². The van der Waals surface area contributed by atoms with Gasteiger partial charge in [0.25, 0.3) is 5.91 Å². The van der Waals surface area contributed by atoms with Crippen molar-refractivity contribution in [2.24, 2.45) is 17.6 Å². The lowest BCUT2D eigenvalue weighted by Crippen LogP contribution is -2.57. The number of likely N-dealkylation sites (N-methyl/N-ethyl adjacent to an activating group) is 1. The fourth-order valence-electron chi connectivity index (χ4n) is 4.54. The first-order chi connectivity index (χ1) is 20.8. The lowest BCUT2D eigenvalue weighted by molar-refractivity contribution is -0.143. The van der Waals surface area contributed by atoms with Gasteiger partial charge in [0.2, 0.25) is 29.4 Å². The Bertz CT molecular complexity index is 1290. The van der Waals surface area contributed by atoms with E-state index in [1.54, 1.807) is 55.7 Å². The number of primary amides is 1. The van der Waals surface area contributed by atoms with Gasteiger partial charge < -0.3 is 26.6 Å². The van der Waals surface area contributed by atoms with E-state index in [1.165, 1.54) is 7.05 Å². The summed E-state index contributed by atoms with van der Waals surface area (Å²) in [7, 11) is 1.40. The van der Waals surface area contributed by atoms with Gasteiger partial charge in [0.1, 0.15) is 12.1 Å². The Hall–Kier alpha value is -4.61. The standard InChI is InChI=1S/C32H44N6O6/c1-6-21(4)28(37-31(43)24(16-20(2)3)36-26(39)18-23-12-14-34-15-13-23)29(41)32(44)35-19-27(40)38(5)25(30(33)42)17-22-10-8-7-9-11-22/h7-15,20-21,24-25,28H,6,16-19H2,1-5H3,(H2,33,42)(H,35,44)(H,36,39)(H,37,43)/t21-,24-,25-,28?/m0/s1. The molecule has 0 aliphatic rings. The summed E-state index contributed by atoms with van der Waals surface area (Å²) < 4.78 is 0. The van der Waals surface area contributed by atoms with E-state index in [-0.39, 0.29) is 24.7 Å². The van der Waals surface area contributed by atoms with Crippen molar-refractivity contribution in [3.05, 3.63) is 66.0 Å². The fourth-order valence-corrected chi connectivity index (χ4v) is 4.54. The molecule has 0 aliphatic carbocycles. The van der Waals surface area contributed by atoms with Gasteiger partial charge in [-0.15, -0.1) is 0 Å². The Kier molecular flexibility index (Phi) is 14.1. The monoisotopic (exact) mass is 608 g/mol. The smallest absolute Gasteiger partial charge is 0.290 e. The lowest BCUT2D eigenvalue weighted by Gasteiger charge is -2.27. The van der Waals surface area contributed by atoms with E-state index in [1.807, 2.05) is 26.8 Å². The molecule has 0 saturated heterocycles. The van der Waals surface area contributed by atoms with Crippen molar-refractivity contribution in [1.29, 1.82) is 0 Å². The molecule has 1 aromatic carbocycles. The van der Waals surface area contributed by atoms with Crippen LogP contribution in [-0.2, 0) is 41.6 Å². The van der Waals surface area contributed by atoms with Gasteiger partial charge in [0.05, 0.1) is 19.0 Å². The Morgan fingerprint density at radius 1 is 0.909 bits per heavy atom. The minimum absolute atomic E-state index is 0.0437. The number of Topliss-reactive ketones (excluding diaryl/α,β-unsaturated/α-hetero) is 1. The highest BCUT2D eigenvalue weighted by molar-refractivity contribution is 6.38. The number of nitrogens with one attached hydrogen (secondary N) is 3. The van der Waals surface area contributed by atoms with Gasteiger partial charge in [-0.05, 0) is 41.5 Å². The summed E-state index contributed by atoms with van der Waals surface area (Å²) in [5.41, 5.74) is 7.07. The van der Waals surface area contributed by atoms with Crippen LogP contribution in [0.25, 0.3) is 0 Å². The largest absolute Gasteiger partial charge is 0.368 e. The van der Waals surface area contributed by atoms with Crippen molar-refractivity contribution in [1.82, 2.24) is 25.8 Å². The number of benzene rings is 1. The molecule has 238 valence electrons. The summed E-state index contributed by atoms with van der Waals surface area (Å²) in [6.45, 7) is 6.77. The second kappa shape index (κ2) is 17.5. The van der Waals surface area contributed by atoms with Gasteiger partial charge in [-0.1, -0.05) is 64.4 Å². The molecule has 0 radical (unpaired) electrons. The highest BCUT2D eigenvalue weighted by atomic mass is 16.2. The van der Waals surface area contributed by atoms with Crippen LogP contribution in [0.5, 0.6) is 0 Å². The van der Waals surface area contributed by atoms with Crippen molar-refractivity contribution in [3.8, 4) is 0 Å². The zero-order valence-electron chi connectivity index (χ0n) is 26.0. The Morgan fingerprint density at radius 2 is 1.55 bits per heavy atom. The first-order valence-corrected chi connectivity index (χ1v) is 14.7. The van der Waals surface area contributed by atoms with E-state index in [4.69, 9.17) is 5.73 Å². The second-order valence-electron chi connectivity index (χ2n) is 11.3. The molecule has 12 heteroatoms. The minimum atomic E-state index is -1.19. The van der Waals surface area contributed by atoms with Crippen LogP contribution in [0.2, 0.25) is 0 Å². The number of ketones is 1. The molecule has 0 fully saturated rings. The Labute approximate surface area is 258 Å². The molecular formula is C32H44N6O6. The molecule has 0 aliphatic heterocycles. The van der Waals surface area contributed by atoms with E-state index in [2.05, 4.69) is 20.9 Å². The zero-order chi connectivity index (χ0) is 32.8. The molecule has 2 rings (SSSR count). The van der Waals surface area contributed by atoms with Gasteiger partial charge in [-0.2, -0.15) is 0 Å². The average molecular weight is 609 g/mol. The molecule has 5 N–H and O–H groups in total. The predicted octanol–water partition coefficient (Wildman–Crippen LogP) is 0.926. The van der Waals surface area contributed by atoms with Crippen LogP contribution in [-0.4, -0.2) is 76.9 Å². The molecular weight excluding hydrogens is 564 g/mol. The summed E-state index contributed by atoms with van der Waals surface area (Å²) in [5.74, 6) is -4.66. The molecule has 4 atom stereocenters. The van der Waals surface area contributed by atoms with Crippen molar-refractivity contribution >= 4 is 35.3 Å². The SMILES string of the molecule is CC[C@H](C)C(NC(=O)[C@H](CC(C)C)NC(=O)Cc1ccncc1)C(=O)C(=O)NCC(=O)N(C)[C@@H](Cc1ccccc1)C(N)=O. The maximum atomic E-state index is 13.3. The molecule has 2 aromatic rings. The number of nitrogens with zero attached hydrogens (tertiary/aromatic N) is 2. The number of rotatable bonds is 17. The van der Waals surface area contributed by atoms with Crippen LogP contribution in [0.3, 0.4) is 0 Å². The zero-order valence-corrected chi connectivity index (χ0v) is 26.0. The first-order valence-electron chi connectivity index (χ1n) is 14.7. The van der Waals surface area contributed by atoms with Gasteiger partial charge >= 0.3 is 0 Å². The highest BCUT2D eigenvalue weighted by Crippen LogP contribution is 2.13. The Balaban J connectivity index is 2.07. The van der Waals surface area contributed by atoms with Gasteiger partial charge in [0.15, 0.2) is 0 Å². The summed E-state index contributed by atoms with van der Waals surface area (Å²) in [6.07, 6.45) is 4.15. The van der Waals surface area contributed by atoms with E-state index in [0.717, 1.165) is 16.0 Å². The summed E-state index contributed by atoms with van der Waals surface area (Å²) in [6, 6.07) is 9.35. The normalized spacial score (nSPS) is 13.6. The maximum absolute atomic E-state index is 13.3. The number of hydrogen-bond donors (Lipinski definition) is 4. The third-order valence-electron chi connectivity index (χ3n) is 7.35. The molecule has 1 aromatic heterocycles. The highest BCUT2D eigenvalue weighted by Gasteiger charge is 2.34. The number of hydrogen-bond acceptors (Lipinski definition) is 7. The molecule has 44 heavy (non-hydrogen) atoms. The Morgan fingerprint density at radius 3 is 2.11 bits per heavy atom. The molecule has 0 saturated carbocycles. The van der Waals surface area contributed by atoms with E-state index in [9.17, 15) is 28.8 Å². The predicted molar refractivity (Wildman–Crippen MR) is 165 cm³/mol. The number of carbonyl (C=O) groups excluding carboxylic acids is 6. The second-order valence-corrected chi connectivity index (χ2v) is 11.3. The van der Waals surface area contributed by atoms with Crippen molar-refractivity contribution < 1.29 is 28.8 Å². The third-order valence-corrected chi connectivity index (χ3v) is 7.35. The number of pyridine rings is 1. The van der Waals surface area contributed by atoms with Crippen molar-refractivity contribution in [2.45, 2.75) is 71.5 Å². The molecule has 0 bridgehead atoms. The van der Waals surface area contributed by atoms with Crippen LogP contribution in [0, 0.1) is 11.8 Å². The quantitative estimate of drug-likeness (QED) is 0.193. The number of amides is 5. The van der Waals surface area contributed by atoms with Crippen molar-refractivity contribution in [3.63, 3.8) is 0 Å². The van der Waals surface area contributed by atoms with E-state index >= 15 is 0 Å². The van der Waals surface area contributed by atoms with Gasteiger partial charge in [-0.3, -0.25) is 33.8 Å². The number of nitrogens with two attached hydrogens (primary N) is 1. The fraction of sp³-hybridized carbons (Fsp3) is 0.469. The molecule has 12 nitrogen and oxygen atoms in total.